The number of rotatable bonds is 7. The second-order valence-electron chi connectivity index (χ2n) is 5.23. The molecule has 2 aromatic carbocycles. The zero-order valence-electron chi connectivity index (χ0n) is 13.5. The zero-order valence-corrected chi connectivity index (χ0v) is 13.5. The fourth-order valence-electron chi connectivity index (χ4n) is 2.35. The highest BCUT2D eigenvalue weighted by molar-refractivity contribution is 5.75. The number of aliphatic hydroxyl groups is 1. The quantitative estimate of drug-likeness (QED) is 0.798. The maximum atomic E-state index is 11.8. The van der Waals surface area contributed by atoms with Crippen molar-refractivity contribution in [2.45, 2.75) is 26.1 Å². The summed E-state index contributed by atoms with van der Waals surface area (Å²) in [5, 5.41) is 9.08. The van der Waals surface area contributed by atoms with Crippen molar-refractivity contribution in [1.82, 2.24) is 0 Å². The Morgan fingerprint density at radius 3 is 1.96 bits per heavy atom. The lowest BCUT2D eigenvalue weighted by Gasteiger charge is -2.14. The summed E-state index contributed by atoms with van der Waals surface area (Å²) < 4.78 is 10.2. The molecule has 0 radical (unpaired) electrons. The van der Waals surface area contributed by atoms with Crippen LogP contribution in [0.3, 0.4) is 0 Å². The molecule has 1 unspecified atom stereocenters. The Labute approximate surface area is 136 Å². The summed E-state index contributed by atoms with van der Waals surface area (Å²) in [6.07, 6.45) is -0.0939. The molecule has 0 aromatic heterocycles. The molecule has 122 valence electrons. The fourth-order valence-corrected chi connectivity index (χ4v) is 2.35. The Hall–Kier alpha value is -2.17. The third-order valence-electron chi connectivity index (χ3n) is 3.68. The van der Waals surface area contributed by atoms with E-state index in [0.717, 1.165) is 22.3 Å². The van der Waals surface area contributed by atoms with Crippen LogP contribution in [-0.4, -0.2) is 30.9 Å². The molecule has 0 spiro atoms. The smallest absolute Gasteiger partial charge is 0.335 e. The van der Waals surface area contributed by atoms with Crippen molar-refractivity contribution in [3.63, 3.8) is 0 Å². The van der Waals surface area contributed by atoms with Gasteiger partial charge in [-0.15, -0.1) is 0 Å². The number of hydrogen-bond donors (Lipinski definition) is 1. The van der Waals surface area contributed by atoms with Gasteiger partial charge in [0, 0.05) is 13.5 Å². The van der Waals surface area contributed by atoms with Crippen molar-refractivity contribution >= 4 is 5.97 Å². The second kappa shape index (κ2) is 8.46. The largest absolute Gasteiger partial charge is 0.464 e. The molecule has 0 amide bonds. The lowest BCUT2D eigenvalue weighted by atomic mass is 10.0. The van der Waals surface area contributed by atoms with E-state index < -0.39 is 6.10 Å². The first-order valence-corrected chi connectivity index (χ1v) is 7.66. The van der Waals surface area contributed by atoms with Gasteiger partial charge in [-0.1, -0.05) is 48.5 Å². The van der Waals surface area contributed by atoms with E-state index in [4.69, 9.17) is 14.6 Å². The molecule has 2 rings (SSSR count). The molecule has 2 aromatic rings. The molecule has 0 aliphatic carbocycles. The van der Waals surface area contributed by atoms with E-state index in [1.165, 1.54) is 7.11 Å². The van der Waals surface area contributed by atoms with Crippen molar-refractivity contribution in [2.75, 3.05) is 13.7 Å². The lowest BCUT2D eigenvalue weighted by Crippen LogP contribution is -2.27. The standard InChI is InChI=1S/C19H22O4/c1-3-23-19(21)18(22-2)12-14-4-8-16(9-5-14)17-10-6-15(13-20)7-11-17/h4-11,18,20H,3,12-13H2,1-2H3. The molecule has 0 saturated heterocycles. The van der Waals surface area contributed by atoms with Crippen LogP contribution in [0.5, 0.6) is 0 Å². The van der Waals surface area contributed by atoms with E-state index in [9.17, 15) is 4.79 Å². The van der Waals surface area contributed by atoms with E-state index in [0.29, 0.717) is 13.0 Å². The van der Waals surface area contributed by atoms with Crippen LogP contribution < -0.4 is 0 Å². The Kier molecular flexibility index (Phi) is 6.32. The molecular formula is C19H22O4. The molecule has 0 aliphatic rings. The number of carbonyl (C=O) groups excluding carboxylic acids is 1. The first-order valence-electron chi connectivity index (χ1n) is 7.66. The molecule has 0 heterocycles. The van der Waals surface area contributed by atoms with Crippen LogP contribution in [0.25, 0.3) is 11.1 Å². The van der Waals surface area contributed by atoms with Crippen LogP contribution in [0.4, 0.5) is 0 Å². The number of carbonyl (C=O) groups is 1. The maximum absolute atomic E-state index is 11.8. The van der Waals surface area contributed by atoms with Crippen molar-refractivity contribution in [1.29, 1.82) is 0 Å². The molecule has 0 saturated carbocycles. The minimum absolute atomic E-state index is 0.0471. The predicted molar refractivity (Wildman–Crippen MR) is 88.9 cm³/mol. The highest BCUT2D eigenvalue weighted by atomic mass is 16.6. The molecule has 1 atom stereocenters. The van der Waals surface area contributed by atoms with Gasteiger partial charge in [0.05, 0.1) is 13.2 Å². The Balaban J connectivity index is 2.07. The Morgan fingerprint density at radius 1 is 1.00 bits per heavy atom. The van der Waals surface area contributed by atoms with Crippen LogP contribution in [0.2, 0.25) is 0 Å². The van der Waals surface area contributed by atoms with Gasteiger partial charge >= 0.3 is 5.97 Å². The third kappa shape index (κ3) is 4.65. The zero-order chi connectivity index (χ0) is 16.7. The molecule has 23 heavy (non-hydrogen) atoms. The second-order valence-corrected chi connectivity index (χ2v) is 5.23. The fraction of sp³-hybridized carbons (Fsp3) is 0.316. The number of benzene rings is 2. The van der Waals surface area contributed by atoms with Gasteiger partial charge < -0.3 is 14.6 Å². The van der Waals surface area contributed by atoms with E-state index in [1.807, 2.05) is 48.5 Å². The summed E-state index contributed by atoms with van der Waals surface area (Å²) >= 11 is 0. The number of hydrogen-bond acceptors (Lipinski definition) is 4. The monoisotopic (exact) mass is 314 g/mol. The first-order chi connectivity index (χ1) is 11.2. The average Bonchev–Trinajstić information content (AvgIpc) is 2.60. The van der Waals surface area contributed by atoms with Crippen LogP contribution >= 0.6 is 0 Å². The minimum atomic E-state index is -0.579. The molecule has 1 N–H and O–H groups in total. The molecule has 4 heteroatoms. The third-order valence-corrected chi connectivity index (χ3v) is 3.68. The lowest BCUT2D eigenvalue weighted by molar-refractivity contribution is -0.154. The van der Waals surface area contributed by atoms with Gasteiger partial charge in [-0.2, -0.15) is 0 Å². The number of aliphatic hydroxyl groups excluding tert-OH is 1. The number of methoxy groups -OCH3 is 1. The Morgan fingerprint density at radius 2 is 1.52 bits per heavy atom. The average molecular weight is 314 g/mol. The Bertz CT molecular complexity index is 617. The van der Waals surface area contributed by atoms with Gasteiger partial charge in [0.2, 0.25) is 0 Å². The summed E-state index contributed by atoms with van der Waals surface area (Å²) in [6, 6.07) is 15.8. The minimum Gasteiger partial charge on any atom is -0.464 e. The van der Waals surface area contributed by atoms with Gasteiger partial charge in [0.15, 0.2) is 6.10 Å². The SMILES string of the molecule is CCOC(=O)C(Cc1ccc(-c2ccc(CO)cc2)cc1)OC. The molecule has 4 nitrogen and oxygen atoms in total. The summed E-state index contributed by atoms with van der Waals surface area (Å²) in [5.74, 6) is -0.335. The highest BCUT2D eigenvalue weighted by Gasteiger charge is 2.19. The van der Waals surface area contributed by atoms with Crippen LogP contribution in [0.1, 0.15) is 18.1 Å². The van der Waals surface area contributed by atoms with Crippen molar-refractivity contribution in [3.05, 3.63) is 59.7 Å². The van der Waals surface area contributed by atoms with Crippen molar-refractivity contribution < 1.29 is 19.4 Å². The van der Waals surface area contributed by atoms with Gasteiger partial charge in [0.25, 0.3) is 0 Å². The molecule has 0 bridgehead atoms. The maximum Gasteiger partial charge on any atom is 0.335 e. The summed E-state index contributed by atoms with van der Waals surface area (Å²) in [6.45, 7) is 2.18. The van der Waals surface area contributed by atoms with Crippen LogP contribution in [0.15, 0.2) is 48.5 Å². The highest BCUT2D eigenvalue weighted by Crippen LogP contribution is 2.21. The summed E-state index contributed by atoms with van der Waals surface area (Å²) in [4.78, 5) is 11.8. The topological polar surface area (TPSA) is 55.8 Å². The van der Waals surface area contributed by atoms with Crippen LogP contribution in [0, 0.1) is 0 Å². The van der Waals surface area contributed by atoms with Gasteiger partial charge in [-0.25, -0.2) is 4.79 Å². The van der Waals surface area contributed by atoms with E-state index in [2.05, 4.69) is 0 Å². The molecule has 0 fully saturated rings. The van der Waals surface area contributed by atoms with Crippen LogP contribution in [-0.2, 0) is 27.3 Å². The first kappa shape index (κ1) is 17.2. The van der Waals surface area contributed by atoms with Gasteiger partial charge in [-0.05, 0) is 29.2 Å². The van der Waals surface area contributed by atoms with Crippen molar-refractivity contribution in [3.8, 4) is 11.1 Å². The predicted octanol–water partition coefficient (Wildman–Crippen LogP) is 2.97. The van der Waals surface area contributed by atoms with E-state index in [-0.39, 0.29) is 12.6 Å². The molecule has 0 aliphatic heterocycles. The summed E-state index contributed by atoms with van der Waals surface area (Å²) in [7, 11) is 1.51. The molecular weight excluding hydrogens is 292 g/mol. The summed E-state index contributed by atoms with van der Waals surface area (Å²) in [5.41, 5.74) is 4.08. The number of esters is 1. The van der Waals surface area contributed by atoms with E-state index in [1.54, 1.807) is 6.92 Å². The van der Waals surface area contributed by atoms with Gasteiger partial charge in [-0.3, -0.25) is 0 Å². The number of ether oxygens (including phenoxy) is 2. The van der Waals surface area contributed by atoms with Gasteiger partial charge in [0.1, 0.15) is 0 Å². The normalized spacial score (nSPS) is 12.0. The van der Waals surface area contributed by atoms with E-state index >= 15 is 0 Å². The van der Waals surface area contributed by atoms with Crippen molar-refractivity contribution in [2.24, 2.45) is 0 Å².